The molecule has 0 spiro atoms. The second-order valence-corrected chi connectivity index (χ2v) is 7.32. The molecule has 0 saturated carbocycles. The van der Waals surface area contributed by atoms with E-state index >= 15 is 0 Å². The van der Waals surface area contributed by atoms with Gasteiger partial charge in [0.25, 0.3) is 0 Å². The van der Waals surface area contributed by atoms with Crippen molar-refractivity contribution >= 4 is 38.2 Å². The van der Waals surface area contributed by atoms with E-state index < -0.39 is 0 Å². The molecule has 0 saturated heterocycles. The summed E-state index contributed by atoms with van der Waals surface area (Å²) in [5.41, 5.74) is 4.04. The topological polar surface area (TPSA) is 50.7 Å². The fourth-order valence-corrected chi connectivity index (χ4v) is 4.33. The molecule has 2 aromatic heterocycles. The van der Waals surface area contributed by atoms with Crippen LogP contribution >= 0.6 is 15.9 Å². The SMILES string of the molecule is COc1cc2ncc3c4c2c(c1Br)OC(c1ccccn1)CN4CN3C. The van der Waals surface area contributed by atoms with E-state index in [0.29, 0.717) is 5.75 Å². The number of hydrogen-bond acceptors (Lipinski definition) is 6. The molecule has 132 valence electrons. The molecule has 0 bridgehead atoms. The first-order chi connectivity index (χ1) is 12.7. The Labute approximate surface area is 159 Å². The maximum Gasteiger partial charge on any atom is 0.158 e. The average molecular weight is 413 g/mol. The molecular formula is C19H17BrN4O2. The highest BCUT2D eigenvalue weighted by atomic mass is 79.9. The molecule has 2 aliphatic rings. The average Bonchev–Trinajstić information content (AvgIpc) is 2.88. The van der Waals surface area contributed by atoms with Gasteiger partial charge < -0.3 is 19.3 Å². The van der Waals surface area contributed by atoms with Gasteiger partial charge in [0.2, 0.25) is 0 Å². The van der Waals surface area contributed by atoms with Gasteiger partial charge >= 0.3 is 0 Å². The molecular weight excluding hydrogens is 396 g/mol. The van der Waals surface area contributed by atoms with Gasteiger partial charge in [-0.3, -0.25) is 9.97 Å². The van der Waals surface area contributed by atoms with Crippen molar-refractivity contribution in [3.05, 3.63) is 46.8 Å². The van der Waals surface area contributed by atoms with Crippen molar-refractivity contribution in [2.24, 2.45) is 0 Å². The van der Waals surface area contributed by atoms with Gasteiger partial charge in [0.15, 0.2) is 6.10 Å². The molecule has 1 aromatic carbocycles. The Morgan fingerprint density at radius 2 is 2.19 bits per heavy atom. The Hall–Kier alpha value is -2.54. The summed E-state index contributed by atoms with van der Waals surface area (Å²) < 4.78 is 12.8. The van der Waals surface area contributed by atoms with Crippen LogP contribution in [0.5, 0.6) is 11.5 Å². The van der Waals surface area contributed by atoms with Gasteiger partial charge in [0.1, 0.15) is 16.0 Å². The first-order valence-corrected chi connectivity index (χ1v) is 9.19. The van der Waals surface area contributed by atoms with E-state index in [2.05, 4.69) is 42.7 Å². The smallest absolute Gasteiger partial charge is 0.158 e. The zero-order valence-corrected chi connectivity index (χ0v) is 16.0. The molecule has 0 fully saturated rings. The first-order valence-electron chi connectivity index (χ1n) is 8.40. The summed E-state index contributed by atoms with van der Waals surface area (Å²) in [4.78, 5) is 13.7. The maximum absolute atomic E-state index is 6.49. The van der Waals surface area contributed by atoms with Crippen LogP contribution in [0.2, 0.25) is 0 Å². The fraction of sp³-hybridized carbons (Fsp3) is 0.263. The van der Waals surface area contributed by atoms with Gasteiger partial charge in [-0.25, -0.2) is 0 Å². The van der Waals surface area contributed by atoms with Crippen LogP contribution in [0.1, 0.15) is 11.8 Å². The third-order valence-corrected chi connectivity index (χ3v) is 5.72. The number of ether oxygens (including phenoxy) is 2. The van der Waals surface area contributed by atoms with Crippen LogP contribution in [0, 0.1) is 0 Å². The number of anilines is 2. The van der Waals surface area contributed by atoms with E-state index in [0.717, 1.165) is 51.4 Å². The van der Waals surface area contributed by atoms with Crippen LogP contribution in [-0.2, 0) is 0 Å². The molecule has 6 nitrogen and oxygen atoms in total. The van der Waals surface area contributed by atoms with E-state index in [-0.39, 0.29) is 6.10 Å². The normalized spacial score (nSPS) is 18.0. The molecule has 4 heterocycles. The van der Waals surface area contributed by atoms with Gasteiger partial charge in [-0.2, -0.15) is 0 Å². The van der Waals surface area contributed by atoms with E-state index in [9.17, 15) is 0 Å². The summed E-state index contributed by atoms with van der Waals surface area (Å²) in [6, 6.07) is 7.86. The summed E-state index contributed by atoms with van der Waals surface area (Å²) in [6.45, 7) is 1.52. The minimum atomic E-state index is -0.186. The van der Waals surface area contributed by atoms with E-state index in [1.165, 1.54) is 0 Å². The quantitative estimate of drug-likeness (QED) is 0.638. The van der Waals surface area contributed by atoms with Crippen molar-refractivity contribution in [1.82, 2.24) is 9.97 Å². The third-order valence-electron chi connectivity index (χ3n) is 4.97. The summed E-state index contributed by atoms with van der Waals surface area (Å²) in [6.07, 6.45) is 3.54. The van der Waals surface area contributed by atoms with E-state index in [4.69, 9.17) is 9.47 Å². The van der Waals surface area contributed by atoms with Crippen LogP contribution in [-0.4, -0.2) is 37.3 Å². The highest BCUT2D eigenvalue weighted by Crippen LogP contribution is 2.52. The molecule has 2 aliphatic heterocycles. The number of nitrogens with zero attached hydrogens (tertiary/aromatic N) is 4. The number of benzene rings is 1. The van der Waals surface area contributed by atoms with Gasteiger partial charge in [-0.1, -0.05) is 6.07 Å². The maximum atomic E-state index is 6.49. The molecule has 26 heavy (non-hydrogen) atoms. The number of aromatic nitrogens is 2. The Kier molecular flexibility index (Phi) is 3.46. The number of hydrogen-bond donors (Lipinski definition) is 0. The van der Waals surface area contributed by atoms with Gasteiger partial charge in [-0.05, 0) is 28.1 Å². The van der Waals surface area contributed by atoms with E-state index in [1.807, 2.05) is 30.5 Å². The van der Waals surface area contributed by atoms with Gasteiger partial charge in [0.05, 0.1) is 54.5 Å². The van der Waals surface area contributed by atoms with Crippen molar-refractivity contribution < 1.29 is 9.47 Å². The second-order valence-electron chi connectivity index (χ2n) is 6.53. The monoisotopic (exact) mass is 412 g/mol. The van der Waals surface area contributed by atoms with Crippen molar-refractivity contribution in [2.45, 2.75) is 6.10 Å². The highest BCUT2D eigenvalue weighted by molar-refractivity contribution is 9.10. The Morgan fingerprint density at radius 1 is 1.31 bits per heavy atom. The van der Waals surface area contributed by atoms with Crippen LogP contribution < -0.4 is 19.3 Å². The molecule has 3 aromatic rings. The zero-order valence-electron chi connectivity index (χ0n) is 14.4. The minimum absolute atomic E-state index is 0.186. The van der Waals surface area contributed by atoms with Crippen molar-refractivity contribution in [2.75, 3.05) is 37.2 Å². The number of halogens is 1. The lowest BCUT2D eigenvalue weighted by Crippen LogP contribution is -2.33. The predicted octanol–water partition coefficient (Wildman–Crippen LogP) is 3.75. The molecule has 0 aliphatic carbocycles. The number of pyridine rings is 2. The summed E-state index contributed by atoms with van der Waals surface area (Å²) in [7, 11) is 3.74. The Morgan fingerprint density at radius 3 is 2.96 bits per heavy atom. The first kappa shape index (κ1) is 15.7. The lowest BCUT2D eigenvalue weighted by molar-refractivity contribution is 0.210. The molecule has 5 rings (SSSR count). The lowest BCUT2D eigenvalue weighted by Gasteiger charge is -2.23. The molecule has 1 atom stereocenters. The largest absolute Gasteiger partial charge is 0.495 e. The summed E-state index contributed by atoms with van der Waals surface area (Å²) in [5, 5.41) is 1.01. The lowest BCUT2D eigenvalue weighted by atomic mass is 10.1. The zero-order chi connectivity index (χ0) is 17.8. The van der Waals surface area contributed by atoms with Crippen molar-refractivity contribution in [1.29, 1.82) is 0 Å². The highest BCUT2D eigenvalue weighted by Gasteiger charge is 2.35. The Bertz CT molecular complexity index is 1010. The standard InChI is InChI=1S/C19H17BrN4O2/c1-23-10-24-9-15(11-5-3-4-6-21-11)26-19-16-12(7-14(25-2)17(19)20)22-8-13(23)18(16)24/h3-8,15H,9-10H2,1-2H3. The molecule has 7 heteroatoms. The fourth-order valence-electron chi connectivity index (χ4n) is 3.76. The number of methoxy groups -OCH3 is 1. The summed E-state index contributed by atoms with van der Waals surface area (Å²) >= 11 is 3.68. The molecule has 0 radical (unpaired) electrons. The third kappa shape index (κ3) is 2.16. The van der Waals surface area contributed by atoms with Crippen LogP contribution in [0.3, 0.4) is 0 Å². The van der Waals surface area contributed by atoms with Crippen LogP contribution in [0.4, 0.5) is 11.4 Å². The van der Waals surface area contributed by atoms with Crippen LogP contribution in [0.25, 0.3) is 10.9 Å². The number of rotatable bonds is 2. The van der Waals surface area contributed by atoms with Gasteiger partial charge in [-0.15, -0.1) is 0 Å². The predicted molar refractivity (Wildman–Crippen MR) is 104 cm³/mol. The Balaban J connectivity index is 1.79. The van der Waals surface area contributed by atoms with Gasteiger partial charge in [0, 0.05) is 19.3 Å². The van der Waals surface area contributed by atoms with Crippen molar-refractivity contribution in [3.8, 4) is 11.5 Å². The summed E-state index contributed by atoms with van der Waals surface area (Å²) in [5.74, 6) is 1.47. The van der Waals surface area contributed by atoms with Crippen molar-refractivity contribution in [3.63, 3.8) is 0 Å². The molecule has 1 unspecified atom stereocenters. The minimum Gasteiger partial charge on any atom is -0.495 e. The molecule has 0 N–H and O–H groups in total. The van der Waals surface area contributed by atoms with Crippen LogP contribution in [0.15, 0.2) is 41.1 Å². The van der Waals surface area contributed by atoms with E-state index in [1.54, 1.807) is 13.3 Å². The second kappa shape index (κ2) is 5.74. The molecule has 0 amide bonds.